The molecule has 0 unspecified atom stereocenters. The maximum atomic E-state index is 10.6. The van der Waals surface area contributed by atoms with Gasteiger partial charge in [-0.3, -0.25) is 10.1 Å². The molecule has 2 aromatic rings. The number of rotatable bonds is 2. The molecule has 0 aliphatic carbocycles. The van der Waals surface area contributed by atoms with Crippen LogP contribution in [0, 0.1) is 28.4 Å². The Labute approximate surface area is 96.1 Å². The number of nitro groups is 1. The van der Waals surface area contributed by atoms with Crippen molar-refractivity contribution >= 4 is 5.69 Å². The molecule has 0 aliphatic rings. The van der Waals surface area contributed by atoms with E-state index in [0.29, 0.717) is 11.4 Å². The Kier molecular flexibility index (Phi) is 2.54. The molecular formula is C10H7N5O2. The molecule has 1 aromatic carbocycles. The van der Waals surface area contributed by atoms with Crippen molar-refractivity contribution < 1.29 is 4.92 Å². The summed E-state index contributed by atoms with van der Waals surface area (Å²) in [6.45, 7) is 1.76. The zero-order chi connectivity index (χ0) is 12.4. The molecule has 0 amide bonds. The van der Waals surface area contributed by atoms with Crippen LogP contribution in [-0.2, 0) is 0 Å². The van der Waals surface area contributed by atoms with Crippen LogP contribution in [0.1, 0.15) is 11.3 Å². The molecule has 0 N–H and O–H groups in total. The Bertz CT molecular complexity index is 626. The molecule has 0 saturated carbocycles. The highest BCUT2D eigenvalue weighted by Gasteiger charge is 2.12. The van der Waals surface area contributed by atoms with E-state index in [1.807, 2.05) is 6.07 Å². The van der Waals surface area contributed by atoms with Crippen LogP contribution < -0.4 is 0 Å². The van der Waals surface area contributed by atoms with Crippen LogP contribution in [0.3, 0.4) is 0 Å². The van der Waals surface area contributed by atoms with E-state index >= 15 is 0 Å². The van der Waals surface area contributed by atoms with Crippen molar-refractivity contribution in [1.29, 1.82) is 5.26 Å². The average molecular weight is 229 g/mol. The first-order chi connectivity index (χ1) is 8.11. The minimum Gasteiger partial charge on any atom is -0.258 e. The number of aromatic nitrogens is 3. The Morgan fingerprint density at radius 2 is 2.29 bits per heavy atom. The summed E-state index contributed by atoms with van der Waals surface area (Å²) in [5.41, 5.74) is 1.23. The molecule has 0 fully saturated rings. The van der Waals surface area contributed by atoms with Gasteiger partial charge in [0.05, 0.1) is 28.1 Å². The molecule has 84 valence electrons. The largest absolute Gasteiger partial charge is 0.270 e. The summed E-state index contributed by atoms with van der Waals surface area (Å²) in [6, 6.07) is 5.92. The van der Waals surface area contributed by atoms with Crippen LogP contribution in [0.2, 0.25) is 0 Å². The van der Waals surface area contributed by atoms with Gasteiger partial charge in [0.15, 0.2) is 0 Å². The monoisotopic (exact) mass is 229 g/mol. The Hall–Kier alpha value is -2.75. The highest BCUT2D eigenvalue weighted by atomic mass is 16.6. The summed E-state index contributed by atoms with van der Waals surface area (Å²) < 4.78 is 1.41. The van der Waals surface area contributed by atoms with Crippen molar-refractivity contribution in [3.05, 3.63) is 45.8 Å². The van der Waals surface area contributed by atoms with Gasteiger partial charge >= 0.3 is 0 Å². The van der Waals surface area contributed by atoms with Gasteiger partial charge in [0, 0.05) is 12.1 Å². The topological polar surface area (TPSA) is 97.6 Å². The van der Waals surface area contributed by atoms with Gasteiger partial charge in [0.1, 0.15) is 6.07 Å². The minimum atomic E-state index is -0.544. The standard InChI is InChI=1S/C10H7N5O2/c1-7-6-14(13-12-7)10-3-2-9(15(16)17)4-8(10)5-11/h2-4,6H,1H3. The Balaban J connectivity index is 2.56. The summed E-state index contributed by atoms with van der Waals surface area (Å²) in [6.07, 6.45) is 1.64. The first-order valence-electron chi connectivity index (χ1n) is 4.69. The van der Waals surface area contributed by atoms with Crippen molar-refractivity contribution in [2.24, 2.45) is 0 Å². The maximum absolute atomic E-state index is 10.6. The zero-order valence-electron chi connectivity index (χ0n) is 8.86. The van der Waals surface area contributed by atoms with Crippen LogP contribution in [0.5, 0.6) is 0 Å². The lowest BCUT2D eigenvalue weighted by atomic mass is 10.2. The number of nitriles is 1. The molecule has 0 bridgehead atoms. The lowest BCUT2D eigenvalue weighted by molar-refractivity contribution is -0.384. The normalized spacial score (nSPS) is 9.88. The number of benzene rings is 1. The number of non-ortho nitro benzene ring substituents is 1. The van der Waals surface area contributed by atoms with Crippen LogP contribution in [0.25, 0.3) is 5.69 Å². The number of nitro benzene ring substituents is 1. The number of hydrogen-bond acceptors (Lipinski definition) is 5. The van der Waals surface area contributed by atoms with Crippen molar-refractivity contribution in [2.75, 3.05) is 0 Å². The van der Waals surface area contributed by atoms with Crippen molar-refractivity contribution in [1.82, 2.24) is 15.0 Å². The average Bonchev–Trinajstić information content (AvgIpc) is 2.74. The molecule has 7 heteroatoms. The third kappa shape index (κ3) is 1.96. The van der Waals surface area contributed by atoms with Gasteiger partial charge in [-0.1, -0.05) is 5.21 Å². The predicted octanol–water partition coefficient (Wildman–Crippen LogP) is 1.36. The SMILES string of the molecule is Cc1cn(-c2ccc([N+](=O)[O-])cc2C#N)nn1. The molecule has 0 atom stereocenters. The van der Waals surface area contributed by atoms with E-state index in [4.69, 9.17) is 5.26 Å². The Morgan fingerprint density at radius 1 is 1.53 bits per heavy atom. The van der Waals surface area contributed by atoms with Crippen LogP contribution >= 0.6 is 0 Å². The van der Waals surface area contributed by atoms with Crippen LogP contribution in [0.15, 0.2) is 24.4 Å². The maximum Gasteiger partial charge on any atom is 0.270 e. The Morgan fingerprint density at radius 3 is 2.82 bits per heavy atom. The van der Waals surface area contributed by atoms with E-state index in [1.54, 1.807) is 13.1 Å². The fraction of sp³-hybridized carbons (Fsp3) is 0.100. The van der Waals surface area contributed by atoms with E-state index in [1.165, 1.54) is 22.9 Å². The molecule has 7 nitrogen and oxygen atoms in total. The fourth-order valence-electron chi connectivity index (χ4n) is 1.39. The summed E-state index contributed by atoms with van der Waals surface area (Å²) in [7, 11) is 0. The van der Waals surface area contributed by atoms with E-state index in [-0.39, 0.29) is 11.3 Å². The summed E-state index contributed by atoms with van der Waals surface area (Å²) in [5, 5.41) is 27.2. The van der Waals surface area contributed by atoms with E-state index < -0.39 is 4.92 Å². The lowest BCUT2D eigenvalue weighted by Crippen LogP contribution is -1.99. The molecule has 1 heterocycles. The molecule has 1 aromatic heterocycles. The van der Waals surface area contributed by atoms with Gasteiger partial charge in [-0.2, -0.15) is 5.26 Å². The summed E-state index contributed by atoms with van der Waals surface area (Å²) in [4.78, 5) is 10.0. The number of hydrogen-bond donors (Lipinski definition) is 0. The third-order valence-electron chi connectivity index (χ3n) is 2.17. The molecule has 0 spiro atoms. The second-order valence-electron chi connectivity index (χ2n) is 3.37. The van der Waals surface area contributed by atoms with Crippen LogP contribution in [-0.4, -0.2) is 19.9 Å². The molecule has 0 radical (unpaired) electrons. The number of aryl methyl sites for hydroxylation is 1. The van der Waals surface area contributed by atoms with Gasteiger partial charge in [-0.15, -0.1) is 5.10 Å². The highest BCUT2D eigenvalue weighted by Crippen LogP contribution is 2.19. The van der Waals surface area contributed by atoms with E-state index in [0.717, 1.165) is 0 Å². The molecule has 2 rings (SSSR count). The third-order valence-corrected chi connectivity index (χ3v) is 2.17. The van der Waals surface area contributed by atoms with Gasteiger partial charge in [-0.05, 0) is 13.0 Å². The molecule has 0 aliphatic heterocycles. The van der Waals surface area contributed by atoms with E-state index in [2.05, 4.69) is 10.3 Å². The second-order valence-corrected chi connectivity index (χ2v) is 3.37. The van der Waals surface area contributed by atoms with Crippen molar-refractivity contribution in [2.45, 2.75) is 6.92 Å². The van der Waals surface area contributed by atoms with E-state index in [9.17, 15) is 10.1 Å². The molecule has 17 heavy (non-hydrogen) atoms. The van der Waals surface area contributed by atoms with Gasteiger partial charge in [0.25, 0.3) is 5.69 Å². The smallest absolute Gasteiger partial charge is 0.258 e. The fourth-order valence-corrected chi connectivity index (χ4v) is 1.39. The van der Waals surface area contributed by atoms with Crippen molar-refractivity contribution in [3.8, 4) is 11.8 Å². The van der Waals surface area contributed by atoms with Gasteiger partial charge in [-0.25, -0.2) is 4.68 Å². The minimum absolute atomic E-state index is 0.123. The first-order valence-corrected chi connectivity index (χ1v) is 4.69. The predicted molar refractivity (Wildman–Crippen MR) is 57.5 cm³/mol. The van der Waals surface area contributed by atoms with Gasteiger partial charge < -0.3 is 0 Å². The van der Waals surface area contributed by atoms with Gasteiger partial charge in [0.2, 0.25) is 0 Å². The molecule has 0 saturated heterocycles. The second kappa shape index (κ2) is 4.02. The van der Waals surface area contributed by atoms with Crippen molar-refractivity contribution in [3.63, 3.8) is 0 Å². The quantitative estimate of drug-likeness (QED) is 0.571. The molecular weight excluding hydrogens is 222 g/mol. The first kappa shape index (κ1) is 10.8. The zero-order valence-corrected chi connectivity index (χ0v) is 8.86. The summed E-state index contributed by atoms with van der Waals surface area (Å²) >= 11 is 0. The highest BCUT2D eigenvalue weighted by molar-refractivity contribution is 5.53. The summed E-state index contributed by atoms with van der Waals surface area (Å²) in [5.74, 6) is 0. The lowest BCUT2D eigenvalue weighted by Gasteiger charge is -2.02. The number of nitrogens with zero attached hydrogens (tertiary/aromatic N) is 5. The van der Waals surface area contributed by atoms with Crippen LogP contribution in [0.4, 0.5) is 5.69 Å².